The quantitative estimate of drug-likeness (QED) is 0.453. The number of non-ortho nitro benzene ring substituents is 1. The number of anilines is 1. The van der Waals surface area contributed by atoms with Crippen molar-refractivity contribution in [1.82, 2.24) is 5.32 Å². The van der Waals surface area contributed by atoms with E-state index in [-0.39, 0.29) is 17.6 Å². The van der Waals surface area contributed by atoms with Gasteiger partial charge < -0.3 is 10.6 Å². The molecule has 0 fully saturated rings. The molecule has 2 aromatic rings. The van der Waals surface area contributed by atoms with Gasteiger partial charge in [-0.25, -0.2) is 0 Å². The highest BCUT2D eigenvalue weighted by molar-refractivity contribution is 5.76. The van der Waals surface area contributed by atoms with Crippen LogP contribution in [-0.2, 0) is 17.6 Å². The van der Waals surface area contributed by atoms with Gasteiger partial charge in [-0.1, -0.05) is 24.3 Å². The van der Waals surface area contributed by atoms with Gasteiger partial charge in [0.1, 0.15) is 0 Å². The van der Waals surface area contributed by atoms with E-state index >= 15 is 0 Å². The standard InChI is InChI=1S/C20H23N3O3/c24-20(22-18-8-7-15-4-1-2-5-16(15)14-18)6-3-13-21-17-9-11-19(12-10-17)23(25)26/h1-2,4-5,9-12,18,21H,3,6-8,13-14H2,(H,22,24). The number of rotatable bonds is 7. The summed E-state index contributed by atoms with van der Waals surface area (Å²) in [5.41, 5.74) is 3.62. The molecule has 136 valence electrons. The van der Waals surface area contributed by atoms with Crippen molar-refractivity contribution < 1.29 is 9.72 Å². The third-order valence-electron chi connectivity index (χ3n) is 4.70. The summed E-state index contributed by atoms with van der Waals surface area (Å²) >= 11 is 0. The molecule has 1 aliphatic carbocycles. The van der Waals surface area contributed by atoms with Gasteiger partial charge in [-0.15, -0.1) is 0 Å². The Hall–Kier alpha value is -2.89. The molecule has 6 heteroatoms. The molecule has 1 unspecified atom stereocenters. The van der Waals surface area contributed by atoms with Gasteiger partial charge in [0.05, 0.1) is 4.92 Å². The maximum atomic E-state index is 12.1. The first-order chi connectivity index (χ1) is 12.6. The van der Waals surface area contributed by atoms with Gasteiger partial charge in [-0.2, -0.15) is 0 Å². The number of nitrogens with zero attached hydrogens (tertiary/aromatic N) is 1. The monoisotopic (exact) mass is 353 g/mol. The van der Waals surface area contributed by atoms with Crippen LogP contribution in [0.1, 0.15) is 30.4 Å². The van der Waals surface area contributed by atoms with E-state index in [0.29, 0.717) is 19.4 Å². The van der Waals surface area contributed by atoms with Crippen LogP contribution in [-0.4, -0.2) is 23.4 Å². The zero-order valence-corrected chi connectivity index (χ0v) is 14.6. The summed E-state index contributed by atoms with van der Waals surface area (Å²) in [6.45, 7) is 0.652. The third-order valence-corrected chi connectivity index (χ3v) is 4.70. The van der Waals surface area contributed by atoms with Crippen LogP contribution in [0, 0.1) is 10.1 Å². The molecule has 2 aromatic carbocycles. The van der Waals surface area contributed by atoms with Crippen LogP contribution in [0.5, 0.6) is 0 Å². The second kappa shape index (κ2) is 8.47. The Bertz CT molecular complexity index is 774. The Balaban J connectivity index is 1.36. The number of carbonyl (C=O) groups excluding carboxylic acids is 1. The van der Waals surface area contributed by atoms with Crippen LogP contribution in [0.25, 0.3) is 0 Å². The summed E-state index contributed by atoms with van der Waals surface area (Å²) in [7, 11) is 0. The fraction of sp³-hybridized carbons (Fsp3) is 0.350. The van der Waals surface area contributed by atoms with Crippen molar-refractivity contribution in [2.75, 3.05) is 11.9 Å². The second-order valence-corrected chi connectivity index (χ2v) is 6.61. The van der Waals surface area contributed by atoms with Crippen molar-refractivity contribution in [1.29, 1.82) is 0 Å². The van der Waals surface area contributed by atoms with Gasteiger partial charge in [0.15, 0.2) is 0 Å². The first kappa shape index (κ1) is 17.9. The minimum absolute atomic E-state index is 0.0731. The topological polar surface area (TPSA) is 84.3 Å². The van der Waals surface area contributed by atoms with Gasteiger partial charge in [0.25, 0.3) is 5.69 Å². The molecule has 0 aromatic heterocycles. The van der Waals surface area contributed by atoms with Crippen molar-refractivity contribution in [3.63, 3.8) is 0 Å². The van der Waals surface area contributed by atoms with Crippen LogP contribution in [0.3, 0.4) is 0 Å². The number of nitrogens with one attached hydrogen (secondary N) is 2. The van der Waals surface area contributed by atoms with E-state index in [2.05, 4.69) is 28.8 Å². The van der Waals surface area contributed by atoms with E-state index in [1.165, 1.54) is 23.3 Å². The highest BCUT2D eigenvalue weighted by Gasteiger charge is 2.19. The smallest absolute Gasteiger partial charge is 0.269 e. The summed E-state index contributed by atoms with van der Waals surface area (Å²) in [4.78, 5) is 22.3. The molecule has 1 amide bonds. The van der Waals surface area contributed by atoms with Crippen LogP contribution in [0.2, 0.25) is 0 Å². The minimum Gasteiger partial charge on any atom is -0.385 e. The van der Waals surface area contributed by atoms with Crippen LogP contribution < -0.4 is 10.6 Å². The minimum atomic E-state index is -0.419. The second-order valence-electron chi connectivity index (χ2n) is 6.61. The van der Waals surface area contributed by atoms with E-state index < -0.39 is 4.92 Å². The Morgan fingerprint density at radius 2 is 1.85 bits per heavy atom. The Morgan fingerprint density at radius 1 is 1.12 bits per heavy atom. The lowest BCUT2D eigenvalue weighted by molar-refractivity contribution is -0.384. The molecule has 0 radical (unpaired) electrons. The molecule has 1 aliphatic rings. The van der Waals surface area contributed by atoms with Gasteiger partial charge in [0, 0.05) is 36.8 Å². The predicted molar refractivity (Wildman–Crippen MR) is 101 cm³/mol. The summed E-state index contributed by atoms with van der Waals surface area (Å²) in [5.74, 6) is 0.0832. The zero-order valence-electron chi connectivity index (χ0n) is 14.6. The number of fused-ring (bicyclic) bond motifs is 1. The number of aryl methyl sites for hydroxylation is 1. The number of benzene rings is 2. The Kier molecular flexibility index (Phi) is 5.84. The van der Waals surface area contributed by atoms with Crippen molar-refractivity contribution in [2.45, 2.75) is 38.1 Å². The van der Waals surface area contributed by atoms with E-state index in [1.54, 1.807) is 12.1 Å². The molecule has 0 aliphatic heterocycles. The molecule has 0 saturated heterocycles. The van der Waals surface area contributed by atoms with Crippen LogP contribution in [0.15, 0.2) is 48.5 Å². The number of carbonyl (C=O) groups is 1. The van der Waals surface area contributed by atoms with E-state index in [1.807, 2.05) is 6.07 Å². The molecule has 0 bridgehead atoms. The van der Waals surface area contributed by atoms with Gasteiger partial charge in [-0.05, 0) is 48.9 Å². The maximum absolute atomic E-state index is 12.1. The predicted octanol–water partition coefficient (Wildman–Crippen LogP) is 3.46. The van der Waals surface area contributed by atoms with E-state index in [9.17, 15) is 14.9 Å². The largest absolute Gasteiger partial charge is 0.385 e. The van der Waals surface area contributed by atoms with Crippen LogP contribution in [0.4, 0.5) is 11.4 Å². The first-order valence-corrected chi connectivity index (χ1v) is 8.96. The lowest BCUT2D eigenvalue weighted by Gasteiger charge is -2.25. The molecule has 26 heavy (non-hydrogen) atoms. The van der Waals surface area contributed by atoms with Crippen molar-refractivity contribution in [2.24, 2.45) is 0 Å². The first-order valence-electron chi connectivity index (χ1n) is 8.96. The van der Waals surface area contributed by atoms with Crippen molar-refractivity contribution in [3.8, 4) is 0 Å². The highest BCUT2D eigenvalue weighted by atomic mass is 16.6. The number of nitro benzene ring substituents is 1. The summed E-state index contributed by atoms with van der Waals surface area (Å²) in [6.07, 6.45) is 4.10. The van der Waals surface area contributed by atoms with Crippen LogP contribution >= 0.6 is 0 Å². The summed E-state index contributed by atoms with van der Waals surface area (Å²) in [5, 5.41) is 16.9. The summed E-state index contributed by atoms with van der Waals surface area (Å²) < 4.78 is 0. The third kappa shape index (κ3) is 4.81. The maximum Gasteiger partial charge on any atom is 0.269 e. The van der Waals surface area contributed by atoms with E-state index in [0.717, 1.165) is 24.9 Å². The number of hydrogen-bond acceptors (Lipinski definition) is 4. The molecule has 2 N–H and O–H groups in total. The van der Waals surface area contributed by atoms with Crippen molar-refractivity contribution >= 4 is 17.3 Å². The normalized spacial score (nSPS) is 15.8. The molecule has 0 heterocycles. The number of amides is 1. The molecule has 1 atom stereocenters. The molecular weight excluding hydrogens is 330 g/mol. The van der Waals surface area contributed by atoms with Gasteiger partial charge >= 0.3 is 0 Å². The Morgan fingerprint density at radius 3 is 2.58 bits per heavy atom. The highest BCUT2D eigenvalue weighted by Crippen LogP contribution is 2.21. The molecular formula is C20H23N3O3. The Labute approximate surface area is 152 Å². The average Bonchev–Trinajstić information content (AvgIpc) is 2.65. The lowest BCUT2D eigenvalue weighted by Crippen LogP contribution is -2.38. The number of hydrogen-bond donors (Lipinski definition) is 2. The molecule has 3 rings (SSSR count). The number of nitro groups is 1. The molecule has 0 spiro atoms. The van der Waals surface area contributed by atoms with Gasteiger partial charge in [0.2, 0.25) is 5.91 Å². The molecule has 0 saturated carbocycles. The average molecular weight is 353 g/mol. The van der Waals surface area contributed by atoms with E-state index in [4.69, 9.17) is 0 Å². The lowest BCUT2D eigenvalue weighted by atomic mass is 9.88. The van der Waals surface area contributed by atoms with Crippen molar-refractivity contribution in [3.05, 3.63) is 69.8 Å². The fourth-order valence-corrected chi connectivity index (χ4v) is 3.30. The zero-order chi connectivity index (χ0) is 18.4. The van der Waals surface area contributed by atoms with Gasteiger partial charge in [-0.3, -0.25) is 14.9 Å². The fourth-order valence-electron chi connectivity index (χ4n) is 3.30. The molecule has 6 nitrogen and oxygen atoms in total. The summed E-state index contributed by atoms with van der Waals surface area (Å²) in [6, 6.07) is 14.9. The SMILES string of the molecule is O=C(CCCNc1ccc([N+](=O)[O-])cc1)NC1CCc2ccccc2C1.